The number of nitrogens with zero attached hydrogens (tertiary/aromatic N) is 1. The third kappa shape index (κ3) is 6.69. The van der Waals surface area contributed by atoms with Crippen molar-refractivity contribution in [1.82, 2.24) is 10.2 Å². The number of carbonyl (C=O) groups excluding carboxylic acids is 2. The van der Waals surface area contributed by atoms with Gasteiger partial charge in [0.25, 0.3) is 0 Å². The number of rotatable bonds is 7. The maximum atomic E-state index is 12.0. The standard InChI is InChI=1S/C17H28N4O2/c1-6-13(3)21(5)10-9-18-17(23)20-16-11-15(19-14(4)22)8-7-12(16)2/h7-8,11,13H,6,9-10H2,1-5H3,(H,19,22)(H2,18,20,23)/t13-/m1/s1. The number of hydrogen-bond donors (Lipinski definition) is 3. The SMILES string of the molecule is CC[C@@H](C)N(C)CCNC(=O)Nc1cc(NC(C)=O)ccc1C. The van der Waals surface area contributed by atoms with Crippen LogP contribution in [-0.2, 0) is 4.79 Å². The molecule has 1 rings (SSSR count). The molecule has 1 aromatic carbocycles. The fourth-order valence-corrected chi connectivity index (χ4v) is 2.08. The predicted molar refractivity (Wildman–Crippen MR) is 94.9 cm³/mol. The number of carbonyl (C=O) groups is 2. The second-order valence-electron chi connectivity index (χ2n) is 5.83. The van der Waals surface area contributed by atoms with Crippen molar-refractivity contribution in [3.05, 3.63) is 23.8 Å². The molecule has 128 valence electrons. The van der Waals surface area contributed by atoms with E-state index in [1.54, 1.807) is 12.1 Å². The van der Waals surface area contributed by atoms with E-state index >= 15 is 0 Å². The fraction of sp³-hybridized carbons (Fsp3) is 0.529. The third-order valence-corrected chi connectivity index (χ3v) is 3.90. The molecule has 3 amide bonds. The van der Waals surface area contributed by atoms with Gasteiger partial charge in [-0.25, -0.2) is 4.79 Å². The molecule has 3 N–H and O–H groups in total. The summed E-state index contributed by atoms with van der Waals surface area (Å²) in [4.78, 5) is 25.3. The van der Waals surface area contributed by atoms with Crippen LogP contribution in [0.5, 0.6) is 0 Å². The van der Waals surface area contributed by atoms with E-state index in [-0.39, 0.29) is 11.9 Å². The topological polar surface area (TPSA) is 73.5 Å². The van der Waals surface area contributed by atoms with E-state index in [2.05, 4.69) is 41.7 Å². The zero-order valence-electron chi connectivity index (χ0n) is 14.7. The number of hydrogen-bond acceptors (Lipinski definition) is 3. The minimum absolute atomic E-state index is 0.141. The Morgan fingerprint density at radius 2 is 1.96 bits per heavy atom. The minimum Gasteiger partial charge on any atom is -0.337 e. The lowest BCUT2D eigenvalue weighted by Crippen LogP contribution is -2.38. The van der Waals surface area contributed by atoms with Crippen molar-refractivity contribution < 1.29 is 9.59 Å². The van der Waals surface area contributed by atoms with Crippen LogP contribution in [0.15, 0.2) is 18.2 Å². The molecular weight excluding hydrogens is 292 g/mol. The number of amides is 3. The van der Waals surface area contributed by atoms with E-state index in [0.717, 1.165) is 18.5 Å². The summed E-state index contributed by atoms with van der Waals surface area (Å²) in [6.45, 7) is 9.05. The van der Waals surface area contributed by atoms with E-state index in [0.29, 0.717) is 24.0 Å². The molecule has 1 aromatic rings. The van der Waals surface area contributed by atoms with Crippen LogP contribution in [0.25, 0.3) is 0 Å². The molecule has 0 unspecified atom stereocenters. The van der Waals surface area contributed by atoms with Gasteiger partial charge in [-0.15, -0.1) is 0 Å². The first kappa shape index (κ1) is 19.0. The van der Waals surface area contributed by atoms with Crippen molar-refractivity contribution in [2.45, 2.75) is 40.2 Å². The molecule has 0 spiro atoms. The Kier molecular flexibility index (Phi) is 7.54. The van der Waals surface area contributed by atoms with E-state index in [9.17, 15) is 9.59 Å². The monoisotopic (exact) mass is 320 g/mol. The first-order valence-electron chi connectivity index (χ1n) is 7.96. The van der Waals surface area contributed by atoms with Gasteiger partial charge in [0.1, 0.15) is 0 Å². The van der Waals surface area contributed by atoms with Gasteiger partial charge in [0.05, 0.1) is 0 Å². The average Bonchev–Trinajstić information content (AvgIpc) is 2.49. The molecule has 0 heterocycles. The summed E-state index contributed by atoms with van der Waals surface area (Å²) in [5.41, 5.74) is 2.28. The third-order valence-electron chi connectivity index (χ3n) is 3.90. The van der Waals surface area contributed by atoms with Crippen molar-refractivity contribution in [3.63, 3.8) is 0 Å². The van der Waals surface area contributed by atoms with Crippen LogP contribution >= 0.6 is 0 Å². The molecule has 0 aliphatic rings. The lowest BCUT2D eigenvalue weighted by Gasteiger charge is -2.23. The van der Waals surface area contributed by atoms with E-state index in [1.807, 2.05) is 13.0 Å². The largest absolute Gasteiger partial charge is 0.337 e. The van der Waals surface area contributed by atoms with Crippen LogP contribution < -0.4 is 16.0 Å². The van der Waals surface area contributed by atoms with Crippen LogP contribution in [0.2, 0.25) is 0 Å². The Hall–Kier alpha value is -2.08. The van der Waals surface area contributed by atoms with Gasteiger partial charge in [-0.1, -0.05) is 13.0 Å². The smallest absolute Gasteiger partial charge is 0.319 e. The van der Waals surface area contributed by atoms with Gasteiger partial charge in [0.2, 0.25) is 5.91 Å². The fourth-order valence-electron chi connectivity index (χ4n) is 2.08. The number of benzene rings is 1. The molecule has 0 aromatic heterocycles. The number of aryl methyl sites for hydroxylation is 1. The van der Waals surface area contributed by atoms with Crippen molar-refractivity contribution in [2.24, 2.45) is 0 Å². The van der Waals surface area contributed by atoms with Gasteiger partial charge in [-0.2, -0.15) is 0 Å². The molecule has 6 nitrogen and oxygen atoms in total. The maximum Gasteiger partial charge on any atom is 0.319 e. The van der Waals surface area contributed by atoms with Crippen molar-refractivity contribution in [1.29, 1.82) is 0 Å². The number of anilines is 2. The van der Waals surface area contributed by atoms with Crippen LogP contribution in [-0.4, -0.2) is 43.0 Å². The van der Waals surface area contributed by atoms with Crippen LogP contribution in [0.1, 0.15) is 32.8 Å². The first-order valence-corrected chi connectivity index (χ1v) is 7.96. The molecule has 0 radical (unpaired) electrons. The minimum atomic E-state index is -0.245. The Bertz CT molecular complexity index is 545. The molecule has 0 aliphatic heterocycles. The van der Waals surface area contributed by atoms with Gasteiger partial charge < -0.3 is 20.9 Å². The van der Waals surface area contributed by atoms with Crippen molar-refractivity contribution >= 4 is 23.3 Å². The first-order chi connectivity index (χ1) is 10.8. The van der Waals surface area contributed by atoms with Crippen molar-refractivity contribution in [3.8, 4) is 0 Å². The quantitative estimate of drug-likeness (QED) is 0.723. The summed E-state index contributed by atoms with van der Waals surface area (Å²) in [7, 11) is 2.05. The summed E-state index contributed by atoms with van der Waals surface area (Å²) >= 11 is 0. The second-order valence-corrected chi connectivity index (χ2v) is 5.83. The zero-order chi connectivity index (χ0) is 17.4. The highest BCUT2D eigenvalue weighted by molar-refractivity contribution is 5.93. The van der Waals surface area contributed by atoms with Crippen LogP contribution in [0.4, 0.5) is 16.2 Å². The summed E-state index contributed by atoms with van der Waals surface area (Å²) in [6, 6.07) is 5.67. The maximum absolute atomic E-state index is 12.0. The lowest BCUT2D eigenvalue weighted by molar-refractivity contribution is -0.114. The summed E-state index contributed by atoms with van der Waals surface area (Å²) in [5.74, 6) is -0.141. The van der Waals surface area contributed by atoms with E-state index < -0.39 is 0 Å². The summed E-state index contributed by atoms with van der Waals surface area (Å²) in [6.07, 6.45) is 1.08. The van der Waals surface area contributed by atoms with Gasteiger partial charge in [-0.3, -0.25) is 4.79 Å². The highest BCUT2D eigenvalue weighted by Crippen LogP contribution is 2.20. The summed E-state index contributed by atoms with van der Waals surface area (Å²) < 4.78 is 0. The molecule has 0 aliphatic carbocycles. The number of likely N-dealkylation sites (N-methyl/N-ethyl adjacent to an activating group) is 1. The van der Waals surface area contributed by atoms with Gasteiger partial charge in [0.15, 0.2) is 0 Å². The lowest BCUT2D eigenvalue weighted by atomic mass is 10.2. The van der Waals surface area contributed by atoms with Gasteiger partial charge >= 0.3 is 6.03 Å². The van der Waals surface area contributed by atoms with Crippen LogP contribution in [0, 0.1) is 6.92 Å². The molecular formula is C17H28N4O2. The van der Waals surface area contributed by atoms with E-state index in [4.69, 9.17) is 0 Å². The average molecular weight is 320 g/mol. The zero-order valence-corrected chi connectivity index (χ0v) is 14.7. The Morgan fingerprint density at radius 1 is 1.26 bits per heavy atom. The normalized spacial score (nSPS) is 11.9. The molecule has 0 saturated carbocycles. The molecule has 1 atom stereocenters. The predicted octanol–water partition coefficient (Wildman–Crippen LogP) is 2.81. The molecule has 0 saturated heterocycles. The van der Waals surface area contributed by atoms with Crippen LogP contribution in [0.3, 0.4) is 0 Å². The summed E-state index contributed by atoms with van der Waals surface area (Å²) in [5, 5.41) is 8.38. The molecule has 0 fully saturated rings. The van der Waals surface area contributed by atoms with E-state index in [1.165, 1.54) is 6.92 Å². The van der Waals surface area contributed by atoms with Gasteiger partial charge in [-0.05, 0) is 45.0 Å². The molecule has 23 heavy (non-hydrogen) atoms. The number of urea groups is 1. The molecule has 0 bridgehead atoms. The second kappa shape index (κ2) is 9.15. The highest BCUT2D eigenvalue weighted by atomic mass is 16.2. The van der Waals surface area contributed by atoms with Gasteiger partial charge in [0, 0.05) is 37.4 Å². The Morgan fingerprint density at radius 3 is 2.57 bits per heavy atom. The Balaban J connectivity index is 2.52. The Labute approximate surface area is 138 Å². The highest BCUT2D eigenvalue weighted by Gasteiger charge is 2.08. The molecule has 6 heteroatoms. The number of nitrogens with one attached hydrogen (secondary N) is 3. The van der Waals surface area contributed by atoms with Crippen molar-refractivity contribution in [2.75, 3.05) is 30.8 Å².